The lowest BCUT2D eigenvalue weighted by atomic mass is 9.77. The third-order valence-electron chi connectivity index (χ3n) is 14.1. The van der Waals surface area contributed by atoms with Crippen molar-refractivity contribution >= 4 is 23.9 Å². The summed E-state index contributed by atoms with van der Waals surface area (Å²) in [6, 6.07) is -1.28. The number of hydrogen-bond acceptors (Lipinski definition) is 18. The highest BCUT2D eigenvalue weighted by atomic mass is 16.7. The molecule has 6 N–H and O–H groups in total. The summed E-state index contributed by atoms with van der Waals surface area (Å²) >= 11 is 0. The number of amides is 2. The van der Waals surface area contributed by atoms with Gasteiger partial charge in [-0.15, -0.1) is 0 Å². The lowest BCUT2D eigenvalue weighted by molar-refractivity contribution is -0.320. The lowest BCUT2D eigenvalue weighted by Gasteiger charge is -2.49. The third kappa shape index (κ3) is 16.4. The van der Waals surface area contributed by atoms with Crippen molar-refractivity contribution < 1.29 is 77.1 Å². The van der Waals surface area contributed by atoms with Crippen LogP contribution in [0, 0.1) is 17.8 Å². The zero-order chi connectivity index (χ0) is 52.4. The Bertz CT molecular complexity index is 1650. The summed E-state index contributed by atoms with van der Waals surface area (Å²) < 4.78 is 56.3. The van der Waals surface area contributed by atoms with Gasteiger partial charge in [0.25, 0.3) is 0 Å². The maximum atomic E-state index is 14.5. The topological polar surface area (TPSA) is 251 Å². The van der Waals surface area contributed by atoms with Crippen molar-refractivity contribution in [3.05, 3.63) is 0 Å². The first-order valence-electron chi connectivity index (χ1n) is 24.8. The zero-order valence-corrected chi connectivity index (χ0v) is 44.6. The zero-order valence-electron chi connectivity index (χ0n) is 44.6. The molecule has 0 unspecified atom stereocenters. The SMILES string of the molecule is CC[C@H]1OC(=O)[C@H](C)[C@@H](O[C@H]2C[C@@](C)(OC)[C@@H](OC(=O)CCNCCCNC(=O)OC(C)(C)C)[C@H](C)O2)[C@H](C)[C@@H](O[C@@H]2O[C@H](C)C[C@H](N(C)C)[C@H]2O)[C@](C)(OC)C[C@@H](C)C(=O)N[C@H](C)[C@@H](O)[C@]1(C)O. The van der Waals surface area contributed by atoms with Gasteiger partial charge in [-0.05, 0) is 116 Å². The van der Waals surface area contributed by atoms with Crippen LogP contribution in [0.3, 0.4) is 0 Å². The van der Waals surface area contributed by atoms with E-state index in [-0.39, 0.29) is 37.8 Å². The van der Waals surface area contributed by atoms with Crippen molar-refractivity contribution in [1.29, 1.82) is 0 Å². The highest BCUT2D eigenvalue weighted by Gasteiger charge is 2.54. The number of carbonyl (C=O) groups is 4. The summed E-state index contributed by atoms with van der Waals surface area (Å²) in [5, 5.41) is 43.7. The fourth-order valence-electron chi connectivity index (χ4n) is 9.86. The van der Waals surface area contributed by atoms with E-state index in [0.717, 1.165) is 0 Å². The molecule has 0 aromatic heterocycles. The summed E-state index contributed by atoms with van der Waals surface area (Å²) in [6.07, 6.45) is -9.21. The normalized spacial score (nSPS) is 39.9. The molecule has 0 radical (unpaired) electrons. The van der Waals surface area contributed by atoms with Crippen molar-refractivity contribution in [3.63, 3.8) is 0 Å². The number of likely N-dealkylation sites (N-methyl/N-ethyl adjacent to an activating group) is 1. The predicted octanol–water partition coefficient (Wildman–Crippen LogP) is 3.18. The fraction of sp³-hybridized carbons (Fsp3) is 0.918. The second kappa shape index (κ2) is 25.8. The molecule has 3 rings (SSSR count). The van der Waals surface area contributed by atoms with Gasteiger partial charge in [-0.1, -0.05) is 20.8 Å². The summed E-state index contributed by atoms with van der Waals surface area (Å²) in [6.45, 7) is 23.7. The molecule has 3 fully saturated rings. The number of hydrogen-bond donors (Lipinski definition) is 6. The van der Waals surface area contributed by atoms with E-state index in [9.17, 15) is 34.5 Å². The minimum Gasteiger partial charge on any atom is -0.459 e. The van der Waals surface area contributed by atoms with Gasteiger partial charge in [0.05, 0.1) is 48.4 Å². The number of cyclic esters (lactones) is 1. The van der Waals surface area contributed by atoms with Gasteiger partial charge < -0.3 is 78.8 Å². The van der Waals surface area contributed by atoms with Gasteiger partial charge in [-0.2, -0.15) is 0 Å². The average Bonchev–Trinajstić information content (AvgIpc) is 3.26. The Morgan fingerprint density at radius 1 is 0.899 bits per heavy atom. The van der Waals surface area contributed by atoms with Crippen LogP contribution in [0.25, 0.3) is 0 Å². The first kappa shape index (κ1) is 60.5. The average molecular weight is 991 g/mol. The van der Waals surface area contributed by atoms with Crippen molar-refractivity contribution in [2.75, 3.05) is 47.9 Å². The number of esters is 2. The van der Waals surface area contributed by atoms with Crippen LogP contribution in [0.2, 0.25) is 0 Å². The number of alkyl carbamates (subject to hydrolysis) is 1. The number of methoxy groups -OCH3 is 2. The van der Waals surface area contributed by atoms with Crippen LogP contribution in [-0.2, 0) is 57.0 Å². The molecule has 3 saturated heterocycles. The van der Waals surface area contributed by atoms with E-state index in [1.165, 1.54) is 21.1 Å². The smallest absolute Gasteiger partial charge is 0.407 e. The molecule has 0 aromatic rings. The van der Waals surface area contributed by atoms with Gasteiger partial charge in [0.1, 0.15) is 35.1 Å². The Morgan fingerprint density at radius 2 is 1.52 bits per heavy atom. The van der Waals surface area contributed by atoms with Crippen molar-refractivity contribution in [1.82, 2.24) is 20.9 Å². The van der Waals surface area contributed by atoms with Crippen LogP contribution in [0.1, 0.15) is 129 Å². The molecular formula is C49H90N4O16. The van der Waals surface area contributed by atoms with Gasteiger partial charge in [-0.3, -0.25) is 14.4 Å². The molecule has 0 aromatic carbocycles. The van der Waals surface area contributed by atoms with E-state index in [4.69, 9.17) is 42.6 Å². The van der Waals surface area contributed by atoms with Gasteiger partial charge in [0.15, 0.2) is 18.7 Å². The Kier molecular flexibility index (Phi) is 22.6. The molecule has 2 amide bonds. The molecule has 3 aliphatic rings. The molecule has 20 heteroatoms. The summed E-state index contributed by atoms with van der Waals surface area (Å²) in [4.78, 5) is 55.5. The Labute approximate surface area is 411 Å². The van der Waals surface area contributed by atoms with E-state index >= 15 is 0 Å². The Morgan fingerprint density at radius 3 is 2.10 bits per heavy atom. The highest BCUT2D eigenvalue weighted by molar-refractivity contribution is 5.78. The Balaban J connectivity index is 1.98. The number of carbonyl (C=O) groups excluding carboxylic acids is 4. The molecule has 3 aliphatic heterocycles. The van der Waals surface area contributed by atoms with E-state index in [2.05, 4.69) is 16.0 Å². The van der Waals surface area contributed by atoms with Gasteiger partial charge in [-0.25, -0.2) is 4.79 Å². The largest absolute Gasteiger partial charge is 0.459 e. The first-order chi connectivity index (χ1) is 31.9. The third-order valence-corrected chi connectivity index (χ3v) is 14.1. The van der Waals surface area contributed by atoms with Crippen LogP contribution in [0.4, 0.5) is 4.79 Å². The number of ether oxygens (including phenoxy) is 9. The molecule has 69 heavy (non-hydrogen) atoms. The second-order valence-corrected chi connectivity index (χ2v) is 21.5. The molecule has 0 aliphatic carbocycles. The molecule has 0 saturated carbocycles. The minimum absolute atomic E-state index is 0.0484. The van der Waals surface area contributed by atoms with Crippen LogP contribution < -0.4 is 16.0 Å². The lowest BCUT2D eigenvalue weighted by Crippen LogP contribution is -2.61. The quantitative estimate of drug-likeness (QED) is 0.0738. The van der Waals surface area contributed by atoms with Crippen LogP contribution in [-0.4, -0.2) is 188 Å². The van der Waals surface area contributed by atoms with E-state index < -0.39 is 125 Å². The summed E-state index contributed by atoms with van der Waals surface area (Å²) in [5.41, 5.74) is -5.04. The maximum absolute atomic E-state index is 14.5. The van der Waals surface area contributed by atoms with E-state index in [1.807, 2.05) is 32.8 Å². The van der Waals surface area contributed by atoms with Crippen LogP contribution in [0.5, 0.6) is 0 Å². The number of aliphatic hydroxyl groups excluding tert-OH is 2. The molecule has 402 valence electrons. The van der Waals surface area contributed by atoms with Crippen molar-refractivity contribution in [3.8, 4) is 0 Å². The van der Waals surface area contributed by atoms with Crippen molar-refractivity contribution in [2.24, 2.45) is 17.8 Å². The number of nitrogens with zero attached hydrogens (tertiary/aromatic N) is 1. The van der Waals surface area contributed by atoms with Crippen LogP contribution in [0.15, 0.2) is 0 Å². The monoisotopic (exact) mass is 991 g/mol. The standard InChI is InChI=1S/C49H90N4O16/c1-18-34-49(13,60)39(56)31(6)52-42(57)27(2)25-47(11,61-16)40(68-44-37(55)33(53(14)15)24-28(3)63-44)29(4)38(30(5)43(58)65-34)67-36-26-48(12,62-17)41(32(7)64-36)66-35(54)20-23-50-21-19-22-51-45(59)69-46(8,9)10/h27-34,36-41,44,50,55-56,60H,18-26H2,1-17H3,(H,51,59)(H,52,57)/t27-,28-,29+,30-,31-,32+,33+,34-,36+,37-,38+,39-,40-,41+,44+,47-,48-,49-/m1/s1. The molecule has 18 atom stereocenters. The number of nitrogens with one attached hydrogen (secondary N) is 3. The van der Waals surface area contributed by atoms with Gasteiger partial charge in [0, 0.05) is 51.6 Å². The van der Waals surface area contributed by atoms with Gasteiger partial charge >= 0.3 is 18.0 Å². The minimum atomic E-state index is -1.99. The number of aliphatic hydroxyl groups is 3. The first-order valence-corrected chi connectivity index (χ1v) is 24.8. The molecular weight excluding hydrogens is 901 g/mol. The molecule has 0 bridgehead atoms. The molecule has 20 nitrogen and oxygen atoms in total. The summed E-state index contributed by atoms with van der Waals surface area (Å²) in [5.74, 6) is -4.31. The van der Waals surface area contributed by atoms with Crippen molar-refractivity contribution in [2.45, 2.75) is 224 Å². The maximum Gasteiger partial charge on any atom is 0.407 e. The second-order valence-electron chi connectivity index (χ2n) is 21.5. The summed E-state index contributed by atoms with van der Waals surface area (Å²) in [7, 11) is 6.73. The van der Waals surface area contributed by atoms with Gasteiger partial charge in [0.2, 0.25) is 5.91 Å². The van der Waals surface area contributed by atoms with E-state index in [0.29, 0.717) is 32.5 Å². The van der Waals surface area contributed by atoms with E-state index in [1.54, 1.807) is 69.2 Å². The van der Waals surface area contributed by atoms with Crippen LogP contribution >= 0.6 is 0 Å². The molecule has 0 spiro atoms. The number of rotatable bonds is 16. The Hall–Kier alpha value is -2.76. The molecule has 3 heterocycles. The highest BCUT2D eigenvalue weighted by Crippen LogP contribution is 2.41. The predicted molar refractivity (Wildman–Crippen MR) is 255 cm³/mol. The fourth-order valence-corrected chi connectivity index (χ4v) is 9.86.